The van der Waals surface area contributed by atoms with Gasteiger partial charge in [-0.3, -0.25) is 0 Å². The van der Waals surface area contributed by atoms with E-state index in [0.717, 1.165) is 30.3 Å². The number of hydrogen-bond acceptors (Lipinski definition) is 4. The molecule has 0 saturated carbocycles. The SMILES string of the molecule is CCNC(C)c1csc(C2(C)CCCCO2)n1. The topological polar surface area (TPSA) is 34.1 Å². The summed E-state index contributed by atoms with van der Waals surface area (Å²) in [5.74, 6) is 0. The number of aromatic nitrogens is 1. The quantitative estimate of drug-likeness (QED) is 0.895. The second-order valence-corrected chi connectivity index (χ2v) is 5.75. The molecule has 2 unspecified atom stereocenters. The maximum absolute atomic E-state index is 5.93. The van der Waals surface area contributed by atoms with Gasteiger partial charge in [-0.25, -0.2) is 4.98 Å². The van der Waals surface area contributed by atoms with Gasteiger partial charge in [0.15, 0.2) is 0 Å². The molecule has 0 amide bonds. The zero-order chi connectivity index (χ0) is 12.3. The monoisotopic (exact) mass is 254 g/mol. The fourth-order valence-corrected chi connectivity index (χ4v) is 3.30. The van der Waals surface area contributed by atoms with Crippen molar-refractivity contribution in [1.29, 1.82) is 0 Å². The van der Waals surface area contributed by atoms with E-state index in [4.69, 9.17) is 9.72 Å². The van der Waals surface area contributed by atoms with Gasteiger partial charge in [-0.05, 0) is 39.7 Å². The van der Waals surface area contributed by atoms with Gasteiger partial charge in [-0.1, -0.05) is 6.92 Å². The minimum atomic E-state index is -0.146. The van der Waals surface area contributed by atoms with Gasteiger partial charge < -0.3 is 10.1 Å². The average molecular weight is 254 g/mol. The average Bonchev–Trinajstić information content (AvgIpc) is 2.80. The van der Waals surface area contributed by atoms with E-state index < -0.39 is 0 Å². The van der Waals surface area contributed by atoms with Crippen LogP contribution in [-0.4, -0.2) is 18.1 Å². The van der Waals surface area contributed by atoms with Crippen molar-refractivity contribution in [2.45, 2.75) is 51.7 Å². The molecule has 0 radical (unpaired) electrons. The Morgan fingerprint density at radius 3 is 3.06 bits per heavy atom. The lowest BCUT2D eigenvalue weighted by Gasteiger charge is -2.31. The highest BCUT2D eigenvalue weighted by Crippen LogP contribution is 2.36. The largest absolute Gasteiger partial charge is 0.368 e. The molecule has 96 valence electrons. The van der Waals surface area contributed by atoms with E-state index in [2.05, 4.69) is 31.5 Å². The van der Waals surface area contributed by atoms with Gasteiger partial charge >= 0.3 is 0 Å². The van der Waals surface area contributed by atoms with E-state index >= 15 is 0 Å². The van der Waals surface area contributed by atoms with Crippen molar-refractivity contribution in [1.82, 2.24) is 10.3 Å². The Labute approximate surface area is 108 Å². The molecule has 3 nitrogen and oxygen atoms in total. The molecule has 2 rings (SSSR count). The van der Waals surface area contributed by atoms with E-state index in [0.29, 0.717) is 6.04 Å². The summed E-state index contributed by atoms with van der Waals surface area (Å²) in [6, 6.07) is 0.331. The summed E-state index contributed by atoms with van der Waals surface area (Å²) < 4.78 is 5.93. The maximum atomic E-state index is 5.93. The number of ether oxygens (including phenoxy) is 1. The first-order valence-electron chi connectivity index (χ1n) is 6.49. The third kappa shape index (κ3) is 2.87. The molecular weight excluding hydrogens is 232 g/mol. The van der Waals surface area contributed by atoms with Crippen LogP contribution in [0.2, 0.25) is 0 Å². The maximum Gasteiger partial charge on any atom is 0.125 e. The Bertz CT molecular complexity index is 358. The smallest absolute Gasteiger partial charge is 0.125 e. The molecule has 0 aliphatic carbocycles. The third-order valence-corrected chi connectivity index (χ3v) is 4.50. The van der Waals surface area contributed by atoms with Crippen LogP contribution in [0.3, 0.4) is 0 Å². The number of hydrogen-bond donors (Lipinski definition) is 1. The first-order chi connectivity index (χ1) is 8.15. The molecule has 2 atom stereocenters. The lowest BCUT2D eigenvalue weighted by Crippen LogP contribution is -2.30. The van der Waals surface area contributed by atoms with Gasteiger partial charge in [0, 0.05) is 18.0 Å². The highest BCUT2D eigenvalue weighted by atomic mass is 32.1. The van der Waals surface area contributed by atoms with Gasteiger partial charge in [0.25, 0.3) is 0 Å². The molecule has 4 heteroatoms. The van der Waals surface area contributed by atoms with Gasteiger partial charge in [0.05, 0.1) is 5.69 Å². The zero-order valence-corrected chi connectivity index (χ0v) is 11.8. The second-order valence-electron chi connectivity index (χ2n) is 4.89. The summed E-state index contributed by atoms with van der Waals surface area (Å²) in [5.41, 5.74) is 0.995. The van der Waals surface area contributed by atoms with Crippen LogP contribution in [-0.2, 0) is 10.3 Å². The summed E-state index contributed by atoms with van der Waals surface area (Å²) in [6.07, 6.45) is 3.52. The standard InChI is InChI=1S/C13H22N2OS/c1-4-14-10(2)11-9-17-12(15-11)13(3)7-5-6-8-16-13/h9-10,14H,4-8H2,1-3H3. The number of nitrogens with zero attached hydrogens (tertiary/aromatic N) is 1. The molecule has 0 aromatic carbocycles. The number of nitrogens with one attached hydrogen (secondary N) is 1. The molecule has 1 aliphatic heterocycles. The van der Waals surface area contributed by atoms with Crippen LogP contribution in [0, 0.1) is 0 Å². The van der Waals surface area contributed by atoms with E-state index in [-0.39, 0.29) is 5.60 Å². The first kappa shape index (κ1) is 13.0. The van der Waals surface area contributed by atoms with Crippen molar-refractivity contribution in [2.75, 3.05) is 13.2 Å². The molecule has 1 aromatic heterocycles. The van der Waals surface area contributed by atoms with Crippen molar-refractivity contribution in [2.24, 2.45) is 0 Å². The predicted molar refractivity (Wildman–Crippen MR) is 71.4 cm³/mol. The summed E-state index contributed by atoms with van der Waals surface area (Å²) in [6.45, 7) is 8.30. The Kier molecular flexibility index (Phi) is 4.17. The summed E-state index contributed by atoms with van der Waals surface area (Å²) in [4.78, 5) is 4.76. The molecule has 1 aromatic rings. The molecule has 1 saturated heterocycles. The van der Waals surface area contributed by atoms with Crippen LogP contribution >= 0.6 is 11.3 Å². The van der Waals surface area contributed by atoms with Gasteiger partial charge in [-0.15, -0.1) is 11.3 Å². The molecule has 2 heterocycles. The van der Waals surface area contributed by atoms with Crippen molar-refractivity contribution >= 4 is 11.3 Å². The van der Waals surface area contributed by atoms with Crippen molar-refractivity contribution in [3.8, 4) is 0 Å². The lowest BCUT2D eigenvalue weighted by molar-refractivity contribution is -0.0703. The molecule has 0 spiro atoms. The molecule has 17 heavy (non-hydrogen) atoms. The molecule has 0 bridgehead atoms. The number of rotatable bonds is 4. The minimum absolute atomic E-state index is 0.146. The molecule has 1 fully saturated rings. The van der Waals surface area contributed by atoms with Crippen LogP contribution in [0.1, 0.15) is 56.8 Å². The van der Waals surface area contributed by atoms with Crippen LogP contribution in [0.4, 0.5) is 0 Å². The molecule has 1 N–H and O–H groups in total. The normalized spacial score (nSPS) is 27.0. The Hall–Kier alpha value is -0.450. The first-order valence-corrected chi connectivity index (χ1v) is 7.37. The Balaban J connectivity index is 2.11. The fraction of sp³-hybridized carbons (Fsp3) is 0.769. The highest BCUT2D eigenvalue weighted by Gasteiger charge is 2.33. The van der Waals surface area contributed by atoms with Crippen molar-refractivity contribution < 1.29 is 4.74 Å². The van der Waals surface area contributed by atoms with Crippen LogP contribution in [0.25, 0.3) is 0 Å². The number of thiazole rings is 1. The molecule has 1 aliphatic rings. The van der Waals surface area contributed by atoms with Crippen molar-refractivity contribution in [3.05, 3.63) is 16.1 Å². The predicted octanol–water partition coefficient (Wildman–Crippen LogP) is 3.23. The van der Waals surface area contributed by atoms with Crippen LogP contribution in [0.5, 0.6) is 0 Å². The zero-order valence-electron chi connectivity index (χ0n) is 11.0. The summed E-state index contributed by atoms with van der Waals surface area (Å²) in [7, 11) is 0. The fourth-order valence-electron chi connectivity index (χ4n) is 2.24. The van der Waals surface area contributed by atoms with E-state index in [9.17, 15) is 0 Å². The third-order valence-electron chi connectivity index (χ3n) is 3.40. The second kappa shape index (κ2) is 5.46. The Morgan fingerprint density at radius 2 is 2.41 bits per heavy atom. The molecular formula is C13H22N2OS. The highest BCUT2D eigenvalue weighted by molar-refractivity contribution is 7.09. The van der Waals surface area contributed by atoms with Crippen LogP contribution < -0.4 is 5.32 Å². The van der Waals surface area contributed by atoms with Gasteiger partial charge in [-0.2, -0.15) is 0 Å². The van der Waals surface area contributed by atoms with Gasteiger partial charge in [0.1, 0.15) is 10.6 Å². The van der Waals surface area contributed by atoms with E-state index in [1.807, 2.05) is 0 Å². The lowest BCUT2D eigenvalue weighted by atomic mass is 9.97. The van der Waals surface area contributed by atoms with Crippen LogP contribution in [0.15, 0.2) is 5.38 Å². The van der Waals surface area contributed by atoms with Gasteiger partial charge in [0.2, 0.25) is 0 Å². The minimum Gasteiger partial charge on any atom is -0.368 e. The summed E-state index contributed by atoms with van der Waals surface area (Å²) >= 11 is 1.73. The van der Waals surface area contributed by atoms with Crippen molar-refractivity contribution in [3.63, 3.8) is 0 Å². The van der Waals surface area contributed by atoms with E-state index in [1.165, 1.54) is 12.8 Å². The van der Waals surface area contributed by atoms with E-state index in [1.54, 1.807) is 11.3 Å². The summed E-state index contributed by atoms with van der Waals surface area (Å²) in [5, 5.41) is 6.69. The Morgan fingerprint density at radius 1 is 1.59 bits per heavy atom.